The molecule has 2 heterocycles. The first-order valence-electron chi connectivity index (χ1n) is 6.65. The van der Waals surface area contributed by atoms with Gasteiger partial charge in [-0.1, -0.05) is 0 Å². The van der Waals surface area contributed by atoms with Gasteiger partial charge in [-0.25, -0.2) is 0 Å². The molecule has 0 radical (unpaired) electrons. The maximum absolute atomic E-state index is 12.0. The van der Waals surface area contributed by atoms with E-state index in [0.29, 0.717) is 26.1 Å². The Morgan fingerprint density at radius 3 is 2.84 bits per heavy atom. The van der Waals surface area contributed by atoms with Crippen LogP contribution in [0.5, 0.6) is 0 Å². The van der Waals surface area contributed by atoms with Gasteiger partial charge in [-0.3, -0.25) is 9.59 Å². The largest absolute Gasteiger partial charge is 0.375 e. The van der Waals surface area contributed by atoms with Gasteiger partial charge in [0.05, 0.1) is 18.8 Å². The zero-order chi connectivity index (χ0) is 13.8. The molecule has 7 heteroatoms. The zero-order valence-corrected chi connectivity index (χ0v) is 11.1. The number of amides is 2. The lowest BCUT2D eigenvalue weighted by molar-refractivity contribution is -0.130. The van der Waals surface area contributed by atoms with E-state index in [1.165, 1.54) is 0 Å². The molecule has 0 spiro atoms. The summed E-state index contributed by atoms with van der Waals surface area (Å²) in [5.74, 6) is -0.539. The Hall–Kier alpha value is -1.18. The molecule has 4 atom stereocenters. The number of carbonyl (C=O) groups excluding carboxylic acids is 2. The Labute approximate surface area is 112 Å². The molecule has 7 nitrogen and oxygen atoms in total. The SMILES string of the molecule is C[C@H]1OCCN[C@@H]1C(=O)NCC1CCC(C(N)=O)O1. The fourth-order valence-electron chi connectivity index (χ4n) is 2.42. The minimum atomic E-state index is -0.517. The van der Waals surface area contributed by atoms with Crippen LogP contribution in [0.4, 0.5) is 0 Å². The van der Waals surface area contributed by atoms with Crippen molar-refractivity contribution in [3.05, 3.63) is 0 Å². The third-order valence-corrected chi connectivity index (χ3v) is 3.53. The lowest BCUT2D eigenvalue weighted by Gasteiger charge is -2.29. The summed E-state index contributed by atoms with van der Waals surface area (Å²) in [5, 5.41) is 5.94. The predicted octanol–water partition coefficient (Wildman–Crippen LogP) is -1.49. The molecular weight excluding hydrogens is 250 g/mol. The molecule has 2 fully saturated rings. The predicted molar refractivity (Wildman–Crippen MR) is 67.3 cm³/mol. The standard InChI is InChI=1S/C12H21N3O4/c1-7-10(14-4-5-18-7)12(17)15-6-8-2-3-9(19-8)11(13)16/h7-10,14H,2-6H2,1H3,(H2,13,16)(H,15,17)/t7-,8?,9?,10+/m1/s1. The number of primary amides is 1. The number of hydrogen-bond acceptors (Lipinski definition) is 5. The number of nitrogens with one attached hydrogen (secondary N) is 2. The van der Waals surface area contributed by atoms with Crippen LogP contribution in [0.3, 0.4) is 0 Å². The van der Waals surface area contributed by atoms with Crippen LogP contribution in [0.25, 0.3) is 0 Å². The van der Waals surface area contributed by atoms with Crippen molar-refractivity contribution in [3.8, 4) is 0 Å². The number of ether oxygens (including phenoxy) is 2. The van der Waals surface area contributed by atoms with Crippen LogP contribution in [0.2, 0.25) is 0 Å². The molecule has 0 saturated carbocycles. The highest BCUT2D eigenvalue weighted by atomic mass is 16.5. The summed E-state index contributed by atoms with van der Waals surface area (Å²) in [6, 6.07) is -0.331. The second-order valence-corrected chi connectivity index (χ2v) is 4.98. The molecule has 19 heavy (non-hydrogen) atoms. The molecule has 2 unspecified atom stereocenters. The third kappa shape index (κ3) is 3.65. The van der Waals surface area contributed by atoms with E-state index >= 15 is 0 Å². The van der Waals surface area contributed by atoms with Gasteiger partial charge in [-0.15, -0.1) is 0 Å². The van der Waals surface area contributed by atoms with E-state index < -0.39 is 12.0 Å². The lowest BCUT2D eigenvalue weighted by atomic mass is 10.1. The van der Waals surface area contributed by atoms with Gasteiger partial charge in [-0.05, 0) is 19.8 Å². The quantitative estimate of drug-likeness (QED) is 0.578. The van der Waals surface area contributed by atoms with Crippen molar-refractivity contribution < 1.29 is 19.1 Å². The van der Waals surface area contributed by atoms with Crippen LogP contribution in [0.1, 0.15) is 19.8 Å². The summed E-state index contributed by atoms with van der Waals surface area (Å²) in [4.78, 5) is 22.9. The minimum Gasteiger partial charge on any atom is -0.375 e. The summed E-state index contributed by atoms with van der Waals surface area (Å²) in [5.41, 5.74) is 5.17. The van der Waals surface area contributed by atoms with Crippen molar-refractivity contribution >= 4 is 11.8 Å². The van der Waals surface area contributed by atoms with Crippen LogP contribution in [-0.2, 0) is 19.1 Å². The minimum absolute atomic E-state index is 0.0988. The second kappa shape index (κ2) is 6.31. The van der Waals surface area contributed by atoms with Gasteiger partial charge < -0.3 is 25.8 Å². The van der Waals surface area contributed by atoms with Crippen molar-refractivity contribution in [1.29, 1.82) is 0 Å². The molecule has 0 bridgehead atoms. The molecule has 108 valence electrons. The molecule has 2 amide bonds. The van der Waals surface area contributed by atoms with Crippen molar-refractivity contribution in [3.63, 3.8) is 0 Å². The number of morpholine rings is 1. The smallest absolute Gasteiger partial charge is 0.246 e. The maximum atomic E-state index is 12.0. The molecule has 0 aromatic carbocycles. The second-order valence-electron chi connectivity index (χ2n) is 4.98. The summed E-state index contributed by atoms with van der Waals surface area (Å²) in [6.07, 6.45) is 0.560. The molecular formula is C12H21N3O4. The average Bonchev–Trinajstić information content (AvgIpc) is 2.85. The molecule has 4 N–H and O–H groups in total. The van der Waals surface area contributed by atoms with Crippen LogP contribution in [0, 0.1) is 0 Å². The Bertz CT molecular complexity index is 350. The van der Waals surface area contributed by atoms with Crippen molar-refractivity contribution in [1.82, 2.24) is 10.6 Å². The molecule has 2 saturated heterocycles. The van der Waals surface area contributed by atoms with E-state index in [4.69, 9.17) is 15.2 Å². The van der Waals surface area contributed by atoms with Crippen LogP contribution in [-0.4, -0.2) is 55.9 Å². The van der Waals surface area contributed by atoms with Crippen LogP contribution < -0.4 is 16.4 Å². The molecule has 2 aliphatic heterocycles. The lowest BCUT2D eigenvalue weighted by Crippen LogP contribution is -2.56. The topological polar surface area (TPSA) is 103 Å². The van der Waals surface area contributed by atoms with Crippen molar-refractivity contribution in [2.24, 2.45) is 5.73 Å². The van der Waals surface area contributed by atoms with E-state index in [1.807, 2.05) is 6.92 Å². The van der Waals surface area contributed by atoms with E-state index in [9.17, 15) is 9.59 Å². The Morgan fingerprint density at radius 1 is 1.42 bits per heavy atom. The van der Waals surface area contributed by atoms with E-state index in [1.54, 1.807) is 0 Å². The van der Waals surface area contributed by atoms with Gasteiger partial charge in [0.1, 0.15) is 12.1 Å². The highest BCUT2D eigenvalue weighted by Gasteiger charge is 2.31. The first-order valence-corrected chi connectivity index (χ1v) is 6.65. The molecule has 0 aliphatic carbocycles. The van der Waals surface area contributed by atoms with Crippen LogP contribution >= 0.6 is 0 Å². The van der Waals surface area contributed by atoms with Crippen LogP contribution in [0.15, 0.2) is 0 Å². The summed E-state index contributed by atoms with van der Waals surface area (Å²) < 4.78 is 10.9. The van der Waals surface area contributed by atoms with Gasteiger partial charge in [0.2, 0.25) is 11.8 Å². The number of nitrogens with two attached hydrogens (primary N) is 1. The maximum Gasteiger partial charge on any atom is 0.246 e. The average molecular weight is 271 g/mol. The number of rotatable bonds is 4. The molecule has 2 rings (SSSR count). The number of carbonyl (C=O) groups is 2. The Balaban J connectivity index is 1.73. The molecule has 0 aromatic rings. The van der Waals surface area contributed by atoms with E-state index in [2.05, 4.69) is 10.6 Å². The highest BCUT2D eigenvalue weighted by molar-refractivity contribution is 5.82. The first-order chi connectivity index (χ1) is 9.08. The summed E-state index contributed by atoms with van der Waals surface area (Å²) >= 11 is 0. The zero-order valence-electron chi connectivity index (χ0n) is 11.1. The molecule has 2 aliphatic rings. The summed E-state index contributed by atoms with van der Waals surface area (Å²) in [7, 11) is 0. The van der Waals surface area contributed by atoms with Crippen molar-refractivity contribution in [2.75, 3.05) is 19.7 Å². The van der Waals surface area contributed by atoms with Crippen molar-refractivity contribution in [2.45, 2.75) is 44.1 Å². The normalized spacial score (nSPS) is 35.0. The third-order valence-electron chi connectivity index (χ3n) is 3.53. The van der Waals surface area contributed by atoms with E-state index in [0.717, 1.165) is 6.42 Å². The van der Waals surface area contributed by atoms with Gasteiger partial charge in [0, 0.05) is 13.1 Å². The van der Waals surface area contributed by atoms with Gasteiger partial charge in [0.15, 0.2) is 0 Å². The van der Waals surface area contributed by atoms with E-state index in [-0.39, 0.29) is 24.2 Å². The molecule has 0 aromatic heterocycles. The fraction of sp³-hybridized carbons (Fsp3) is 0.833. The fourth-order valence-corrected chi connectivity index (χ4v) is 2.42. The first kappa shape index (κ1) is 14.2. The van der Waals surface area contributed by atoms with Gasteiger partial charge in [-0.2, -0.15) is 0 Å². The summed E-state index contributed by atoms with van der Waals surface area (Å²) in [6.45, 7) is 3.56. The van der Waals surface area contributed by atoms with Gasteiger partial charge in [0.25, 0.3) is 0 Å². The Kier molecular flexibility index (Phi) is 4.73. The Morgan fingerprint density at radius 2 is 2.21 bits per heavy atom. The van der Waals surface area contributed by atoms with Gasteiger partial charge >= 0.3 is 0 Å². The monoisotopic (exact) mass is 271 g/mol. The highest BCUT2D eigenvalue weighted by Crippen LogP contribution is 2.18. The number of hydrogen-bond donors (Lipinski definition) is 3.